The molecule has 0 aromatic carbocycles. The lowest BCUT2D eigenvalue weighted by molar-refractivity contribution is -0.167. The second kappa shape index (κ2) is 10.7. The fourth-order valence-corrected chi connectivity index (χ4v) is 1.51. The van der Waals surface area contributed by atoms with Gasteiger partial charge in [0.25, 0.3) is 0 Å². The third kappa shape index (κ3) is 8.91. The topological polar surface area (TPSA) is 61.8 Å². The van der Waals surface area contributed by atoms with E-state index < -0.39 is 17.9 Å². The molecule has 0 aromatic rings. The van der Waals surface area contributed by atoms with Crippen molar-refractivity contribution in [3.8, 4) is 0 Å². The predicted octanol–water partition coefficient (Wildman–Crippen LogP) is 2.71. The summed E-state index contributed by atoms with van der Waals surface area (Å²) in [5.41, 5.74) is 0. The summed E-state index contributed by atoms with van der Waals surface area (Å²) in [6.45, 7) is 10.1. The second-order valence-electron chi connectivity index (χ2n) is 5.28. The smallest absolute Gasteiger partial charge is 0.320 e. The molecule has 0 saturated heterocycles. The molecule has 0 radical (unpaired) electrons. The van der Waals surface area contributed by atoms with Crippen molar-refractivity contribution >= 4 is 11.9 Å². The molecule has 0 aliphatic heterocycles. The summed E-state index contributed by atoms with van der Waals surface area (Å²) in [6, 6.07) is 0. The van der Waals surface area contributed by atoms with Crippen LogP contribution in [-0.2, 0) is 23.8 Å². The largest absolute Gasteiger partial charge is 0.462 e. The van der Waals surface area contributed by atoms with Gasteiger partial charge < -0.3 is 14.2 Å². The van der Waals surface area contributed by atoms with Crippen molar-refractivity contribution in [1.29, 1.82) is 0 Å². The third-order valence-corrected chi connectivity index (χ3v) is 2.47. The number of rotatable bonds is 10. The SMILES string of the molecule is CCCCOCCC(C(=O)OC(C)C)C(=O)OC(C)C. The molecule has 5 heteroatoms. The number of carbonyl (C=O) groups excluding carboxylic acids is 2. The van der Waals surface area contributed by atoms with Crippen molar-refractivity contribution in [2.75, 3.05) is 13.2 Å². The molecule has 20 heavy (non-hydrogen) atoms. The molecule has 0 N–H and O–H groups in total. The molecule has 0 spiro atoms. The molecule has 0 heterocycles. The summed E-state index contributed by atoms with van der Waals surface area (Å²) in [5.74, 6) is -1.98. The molecule has 0 saturated carbocycles. The molecule has 0 aliphatic carbocycles. The number of unbranched alkanes of at least 4 members (excludes halogenated alkanes) is 1. The van der Waals surface area contributed by atoms with Gasteiger partial charge in [-0.15, -0.1) is 0 Å². The monoisotopic (exact) mass is 288 g/mol. The summed E-state index contributed by atoms with van der Waals surface area (Å²) < 4.78 is 15.6. The first-order valence-corrected chi connectivity index (χ1v) is 7.37. The highest BCUT2D eigenvalue weighted by Gasteiger charge is 2.30. The van der Waals surface area contributed by atoms with Crippen LogP contribution in [0.25, 0.3) is 0 Å². The molecule has 0 bridgehead atoms. The summed E-state index contributed by atoms with van der Waals surface area (Å²) in [6.07, 6.45) is 1.81. The average Bonchev–Trinajstić information content (AvgIpc) is 2.31. The van der Waals surface area contributed by atoms with E-state index >= 15 is 0 Å². The van der Waals surface area contributed by atoms with Crippen molar-refractivity contribution in [3.63, 3.8) is 0 Å². The van der Waals surface area contributed by atoms with E-state index in [9.17, 15) is 9.59 Å². The molecule has 0 rings (SSSR count). The van der Waals surface area contributed by atoms with Crippen LogP contribution in [0.15, 0.2) is 0 Å². The maximum Gasteiger partial charge on any atom is 0.320 e. The maximum atomic E-state index is 11.9. The van der Waals surface area contributed by atoms with E-state index in [4.69, 9.17) is 14.2 Å². The molecule has 5 nitrogen and oxygen atoms in total. The zero-order valence-electron chi connectivity index (χ0n) is 13.3. The van der Waals surface area contributed by atoms with E-state index in [1.807, 2.05) is 0 Å². The van der Waals surface area contributed by atoms with Crippen LogP contribution in [0.2, 0.25) is 0 Å². The van der Waals surface area contributed by atoms with Gasteiger partial charge in [0.1, 0.15) is 0 Å². The quantitative estimate of drug-likeness (QED) is 0.351. The van der Waals surface area contributed by atoms with Crippen LogP contribution in [0.1, 0.15) is 53.9 Å². The van der Waals surface area contributed by atoms with Gasteiger partial charge in [-0.05, 0) is 40.5 Å². The van der Waals surface area contributed by atoms with E-state index in [2.05, 4.69) is 6.92 Å². The highest BCUT2D eigenvalue weighted by Crippen LogP contribution is 2.12. The van der Waals surface area contributed by atoms with E-state index in [0.29, 0.717) is 19.6 Å². The molecule has 0 atom stereocenters. The first kappa shape index (κ1) is 18.9. The number of carbonyl (C=O) groups is 2. The fourth-order valence-electron chi connectivity index (χ4n) is 1.51. The Labute approximate surface area is 122 Å². The molecule has 0 aromatic heterocycles. The predicted molar refractivity (Wildman–Crippen MR) is 76.3 cm³/mol. The highest BCUT2D eigenvalue weighted by molar-refractivity contribution is 5.95. The average molecular weight is 288 g/mol. The normalized spacial score (nSPS) is 11.2. The van der Waals surface area contributed by atoms with Crippen LogP contribution in [0.3, 0.4) is 0 Å². The van der Waals surface area contributed by atoms with Gasteiger partial charge in [-0.2, -0.15) is 0 Å². The Morgan fingerprint density at radius 2 is 1.40 bits per heavy atom. The molecule has 0 amide bonds. The van der Waals surface area contributed by atoms with Gasteiger partial charge in [-0.1, -0.05) is 13.3 Å². The van der Waals surface area contributed by atoms with Crippen LogP contribution in [-0.4, -0.2) is 37.4 Å². The van der Waals surface area contributed by atoms with E-state index in [1.54, 1.807) is 27.7 Å². The molecule has 0 unspecified atom stereocenters. The maximum absolute atomic E-state index is 11.9. The second-order valence-corrected chi connectivity index (χ2v) is 5.28. The summed E-state index contributed by atoms with van der Waals surface area (Å²) in [4.78, 5) is 23.8. The van der Waals surface area contributed by atoms with Crippen LogP contribution in [0.4, 0.5) is 0 Å². The molecular formula is C15H28O5. The van der Waals surface area contributed by atoms with Crippen molar-refractivity contribution < 1.29 is 23.8 Å². The Bertz CT molecular complexity index is 264. The molecule has 0 aliphatic rings. The van der Waals surface area contributed by atoms with E-state index in [1.165, 1.54) is 0 Å². The molecular weight excluding hydrogens is 260 g/mol. The summed E-state index contributed by atoms with van der Waals surface area (Å²) in [5, 5.41) is 0. The Kier molecular flexibility index (Phi) is 10.1. The fraction of sp³-hybridized carbons (Fsp3) is 0.867. The van der Waals surface area contributed by atoms with Crippen molar-refractivity contribution in [1.82, 2.24) is 0 Å². The van der Waals surface area contributed by atoms with Gasteiger partial charge in [-0.3, -0.25) is 9.59 Å². The number of hydrogen-bond donors (Lipinski definition) is 0. The van der Waals surface area contributed by atoms with Crippen molar-refractivity contribution in [3.05, 3.63) is 0 Å². The highest BCUT2D eigenvalue weighted by atomic mass is 16.6. The zero-order valence-corrected chi connectivity index (χ0v) is 13.3. The van der Waals surface area contributed by atoms with Crippen LogP contribution < -0.4 is 0 Å². The van der Waals surface area contributed by atoms with Crippen LogP contribution in [0.5, 0.6) is 0 Å². The first-order valence-electron chi connectivity index (χ1n) is 7.37. The molecule has 0 fully saturated rings. The van der Waals surface area contributed by atoms with Gasteiger partial charge in [0.15, 0.2) is 5.92 Å². The van der Waals surface area contributed by atoms with Crippen molar-refractivity contribution in [2.45, 2.75) is 66.1 Å². The van der Waals surface area contributed by atoms with Gasteiger partial charge in [0.2, 0.25) is 0 Å². The lowest BCUT2D eigenvalue weighted by Gasteiger charge is -2.18. The molecule has 118 valence electrons. The number of esters is 2. The minimum Gasteiger partial charge on any atom is -0.462 e. The van der Waals surface area contributed by atoms with Gasteiger partial charge in [0, 0.05) is 13.2 Å². The van der Waals surface area contributed by atoms with Gasteiger partial charge in [0.05, 0.1) is 12.2 Å². The minimum absolute atomic E-state index is 0.252. The zero-order chi connectivity index (χ0) is 15.5. The standard InChI is InChI=1S/C15H28O5/c1-6-7-9-18-10-8-13(14(16)19-11(2)3)15(17)20-12(4)5/h11-13H,6-10H2,1-5H3. The van der Waals surface area contributed by atoms with Gasteiger partial charge in [-0.25, -0.2) is 0 Å². The van der Waals surface area contributed by atoms with Gasteiger partial charge >= 0.3 is 11.9 Å². The Morgan fingerprint density at radius 1 is 0.900 bits per heavy atom. The third-order valence-electron chi connectivity index (χ3n) is 2.47. The summed E-state index contributed by atoms with van der Waals surface area (Å²) >= 11 is 0. The van der Waals surface area contributed by atoms with E-state index in [-0.39, 0.29) is 12.2 Å². The Balaban J connectivity index is 4.38. The number of hydrogen-bond acceptors (Lipinski definition) is 5. The van der Waals surface area contributed by atoms with Crippen molar-refractivity contribution in [2.24, 2.45) is 5.92 Å². The minimum atomic E-state index is -0.901. The van der Waals surface area contributed by atoms with Crippen LogP contribution >= 0.6 is 0 Å². The lowest BCUT2D eigenvalue weighted by Crippen LogP contribution is -2.32. The Morgan fingerprint density at radius 3 is 1.80 bits per heavy atom. The lowest BCUT2D eigenvalue weighted by atomic mass is 10.1. The van der Waals surface area contributed by atoms with E-state index in [0.717, 1.165) is 12.8 Å². The summed E-state index contributed by atoms with van der Waals surface area (Å²) in [7, 11) is 0. The Hall–Kier alpha value is -1.10. The first-order chi connectivity index (χ1) is 9.38. The van der Waals surface area contributed by atoms with Crippen LogP contribution in [0, 0.1) is 5.92 Å². The number of ether oxygens (including phenoxy) is 3.